The van der Waals surface area contributed by atoms with Crippen LogP contribution in [0, 0.1) is 0 Å². The zero-order valence-electron chi connectivity index (χ0n) is 20.2. The van der Waals surface area contributed by atoms with E-state index in [1.54, 1.807) is 32.9 Å². The average Bonchev–Trinajstić information content (AvgIpc) is 2.85. The van der Waals surface area contributed by atoms with Crippen molar-refractivity contribution in [1.82, 2.24) is 25.1 Å². The van der Waals surface area contributed by atoms with Crippen molar-refractivity contribution in [3.63, 3.8) is 0 Å². The lowest BCUT2D eigenvalue weighted by Crippen LogP contribution is -2.75. The van der Waals surface area contributed by atoms with Crippen LogP contribution in [0.25, 0.3) is 0 Å². The summed E-state index contributed by atoms with van der Waals surface area (Å²) in [6.45, 7) is 2.99. The average molecular weight is 498 g/mol. The summed E-state index contributed by atoms with van der Waals surface area (Å²) in [6.07, 6.45) is 1.67. The minimum absolute atomic E-state index is 0.0374. The van der Waals surface area contributed by atoms with Crippen LogP contribution in [0.1, 0.15) is 37.3 Å². The molecule has 0 aromatic heterocycles. The Labute approximate surface area is 211 Å². The Bertz CT molecular complexity index is 1070. The van der Waals surface area contributed by atoms with Crippen LogP contribution in [-0.2, 0) is 22.7 Å². The number of nitrogens with zero attached hydrogens (tertiary/aromatic N) is 4. The summed E-state index contributed by atoms with van der Waals surface area (Å²) in [5.74, 6) is -0.242. The van der Waals surface area contributed by atoms with Gasteiger partial charge in [-0.25, -0.2) is 14.8 Å². The Morgan fingerprint density at radius 3 is 2.51 bits per heavy atom. The third-order valence-electron chi connectivity index (χ3n) is 6.58. The number of benzene rings is 2. The van der Waals surface area contributed by atoms with Gasteiger partial charge in [0, 0.05) is 25.2 Å². The number of likely N-dealkylation sites (N-methyl/N-ethyl adjacent to an activating group) is 1. The quantitative estimate of drug-likeness (QED) is 0.635. The molecule has 9 heteroatoms. The molecule has 2 aromatic carbocycles. The van der Waals surface area contributed by atoms with Gasteiger partial charge >= 0.3 is 6.03 Å². The van der Waals surface area contributed by atoms with E-state index in [1.165, 1.54) is 0 Å². The highest BCUT2D eigenvalue weighted by Crippen LogP contribution is 2.30. The molecule has 0 bridgehead atoms. The Morgan fingerprint density at radius 1 is 1.09 bits per heavy atom. The van der Waals surface area contributed by atoms with Crippen molar-refractivity contribution >= 4 is 29.4 Å². The molecule has 0 spiro atoms. The lowest BCUT2D eigenvalue weighted by atomic mass is 10.0. The molecule has 186 valence electrons. The number of piperazine rings is 1. The molecule has 0 saturated carbocycles. The van der Waals surface area contributed by atoms with Crippen molar-refractivity contribution in [2.75, 3.05) is 20.1 Å². The molecule has 4 rings (SSSR count). The topological polar surface area (TPSA) is 76.2 Å². The second kappa shape index (κ2) is 11.1. The normalized spacial score (nSPS) is 20.7. The number of hydrogen-bond donors (Lipinski definition) is 1. The fourth-order valence-electron chi connectivity index (χ4n) is 4.81. The summed E-state index contributed by atoms with van der Waals surface area (Å²) in [6, 6.07) is 16.2. The number of unbranched alkanes of at least 4 members (excludes halogenated alkanes) is 1. The van der Waals surface area contributed by atoms with Crippen molar-refractivity contribution in [3.05, 3.63) is 70.7 Å². The zero-order valence-corrected chi connectivity index (χ0v) is 20.9. The van der Waals surface area contributed by atoms with E-state index in [4.69, 9.17) is 11.6 Å². The Balaban J connectivity index is 1.61. The molecule has 1 unspecified atom stereocenters. The highest BCUT2D eigenvalue weighted by Gasteiger charge is 2.50. The first kappa shape index (κ1) is 25.0. The fourth-order valence-corrected chi connectivity index (χ4v) is 5.00. The first-order valence-corrected chi connectivity index (χ1v) is 12.4. The number of amides is 4. The maximum atomic E-state index is 13.6. The van der Waals surface area contributed by atoms with Gasteiger partial charge in [0.2, 0.25) is 11.8 Å². The van der Waals surface area contributed by atoms with Gasteiger partial charge in [0.25, 0.3) is 0 Å². The van der Waals surface area contributed by atoms with Gasteiger partial charge in [0.15, 0.2) is 0 Å². The van der Waals surface area contributed by atoms with Gasteiger partial charge in [-0.05, 0) is 23.6 Å². The van der Waals surface area contributed by atoms with Crippen LogP contribution in [0.3, 0.4) is 0 Å². The number of carbonyl (C=O) groups excluding carboxylic acids is 3. The lowest BCUT2D eigenvalue weighted by molar-refractivity contribution is -0.188. The molecular formula is C26H32ClN5O3. The minimum Gasteiger partial charge on any atom is -0.333 e. The standard InChI is InChI=1S/C26H32ClN5O3/c1-3-4-14-22-25(34)30(16-20-12-8-9-13-21(20)27)17-23-31(22)24(33)18-29(2)32(23)26(35)28-15-19-10-6-5-7-11-19/h5-13,22-23H,3-4,14-18H2,1-2H3,(H,28,35)/t22-,23?/m0/s1. The van der Waals surface area contributed by atoms with E-state index in [9.17, 15) is 14.4 Å². The summed E-state index contributed by atoms with van der Waals surface area (Å²) in [5.41, 5.74) is 1.81. The van der Waals surface area contributed by atoms with Crippen molar-refractivity contribution in [2.45, 2.75) is 51.5 Å². The van der Waals surface area contributed by atoms with Gasteiger partial charge in [-0.2, -0.15) is 0 Å². The van der Waals surface area contributed by atoms with Crippen molar-refractivity contribution in [2.24, 2.45) is 0 Å². The molecule has 8 nitrogen and oxygen atoms in total. The van der Waals surface area contributed by atoms with Gasteiger partial charge in [-0.15, -0.1) is 0 Å². The van der Waals surface area contributed by atoms with Crippen molar-refractivity contribution in [3.8, 4) is 0 Å². The molecule has 2 aliphatic rings. The number of nitrogens with one attached hydrogen (secondary N) is 1. The molecule has 0 aliphatic carbocycles. The van der Waals surface area contributed by atoms with Gasteiger partial charge in [-0.3, -0.25) is 9.59 Å². The SMILES string of the molecule is CCCC[C@H]1C(=O)N(Cc2ccccc2Cl)CC2N1C(=O)CN(C)N2C(=O)NCc1ccccc1. The molecular weight excluding hydrogens is 466 g/mol. The summed E-state index contributed by atoms with van der Waals surface area (Å²) in [7, 11) is 1.73. The molecule has 2 fully saturated rings. The van der Waals surface area contributed by atoms with Crippen molar-refractivity contribution in [1.29, 1.82) is 0 Å². The highest BCUT2D eigenvalue weighted by atomic mass is 35.5. The molecule has 2 atom stereocenters. The largest absolute Gasteiger partial charge is 0.334 e. The third-order valence-corrected chi connectivity index (χ3v) is 6.95. The predicted molar refractivity (Wildman–Crippen MR) is 134 cm³/mol. The van der Waals surface area contributed by atoms with Crippen molar-refractivity contribution < 1.29 is 14.4 Å². The van der Waals surface area contributed by atoms with Gasteiger partial charge < -0.3 is 15.1 Å². The number of fused-ring (bicyclic) bond motifs is 1. The van der Waals surface area contributed by atoms with E-state index in [-0.39, 0.29) is 30.9 Å². The summed E-state index contributed by atoms with van der Waals surface area (Å²) in [5, 5.41) is 6.78. The van der Waals surface area contributed by atoms with Crippen LogP contribution in [0.15, 0.2) is 54.6 Å². The Morgan fingerprint density at radius 2 is 1.80 bits per heavy atom. The van der Waals surface area contributed by atoms with Crippen LogP contribution < -0.4 is 5.32 Å². The number of rotatable bonds is 7. The molecule has 2 heterocycles. The predicted octanol–water partition coefficient (Wildman–Crippen LogP) is 3.47. The smallest absolute Gasteiger partial charge is 0.333 e. The highest BCUT2D eigenvalue weighted by molar-refractivity contribution is 6.31. The van der Waals surface area contributed by atoms with E-state index in [0.29, 0.717) is 24.5 Å². The summed E-state index contributed by atoms with van der Waals surface area (Å²) >= 11 is 6.39. The number of hydrogen-bond acceptors (Lipinski definition) is 4. The second-order valence-electron chi connectivity index (χ2n) is 9.05. The first-order chi connectivity index (χ1) is 16.9. The van der Waals surface area contributed by atoms with Crippen LogP contribution in [0.4, 0.5) is 4.79 Å². The molecule has 2 aromatic rings. The van der Waals surface area contributed by atoms with Crippen LogP contribution >= 0.6 is 11.6 Å². The van der Waals surface area contributed by atoms with E-state index >= 15 is 0 Å². The summed E-state index contributed by atoms with van der Waals surface area (Å²) in [4.78, 5) is 43.5. The number of carbonyl (C=O) groups is 3. The third kappa shape index (κ3) is 5.44. The molecule has 0 radical (unpaired) electrons. The second-order valence-corrected chi connectivity index (χ2v) is 9.46. The van der Waals surface area contributed by atoms with E-state index < -0.39 is 12.2 Å². The van der Waals surface area contributed by atoms with Crippen LogP contribution in [0.2, 0.25) is 5.02 Å². The van der Waals surface area contributed by atoms with E-state index in [0.717, 1.165) is 24.0 Å². The summed E-state index contributed by atoms with van der Waals surface area (Å²) < 4.78 is 0. The van der Waals surface area contributed by atoms with Gasteiger partial charge in [0.1, 0.15) is 12.2 Å². The number of urea groups is 1. The minimum atomic E-state index is -0.609. The molecule has 35 heavy (non-hydrogen) atoms. The Hall–Kier alpha value is -3.10. The number of halogens is 1. The number of hydrazine groups is 1. The molecule has 4 amide bonds. The van der Waals surface area contributed by atoms with Gasteiger partial charge in [-0.1, -0.05) is 79.9 Å². The monoisotopic (exact) mass is 497 g/mol. The fraction of sp³-hybridized carbons (Fsp3) is 0.423. The maximum Gasteiger partial charge on any atom is 0.334 e. The Kier molecular flexibility index (Phi) is 7.93. The molecule has 1 N–H and O–H groups in total. The van der Waals surface area contributed by atoms with Crippen LogP contribution in [0.5, 0.6) is 0 Å². The van der Waals surface area contributed by atoms with E-state index in [1.807, 2.05) is 48.5 Å². The first-order valence-electron chi connectivity index (χ1n) is 12.1. The van der Waals surface area contributed by atoms with Crippen LogP contribution in [-0.4, -0.2) is 70.0 Å². The molecule has 2 aliphatic heterocycles. The molecule has 2 saturated heterocycles. The van der Waals surface area contributed by atoms with E-state index in [2.05, 4.69) is 12.2 Å². The zero-order chi connectivity index (χ0) is 24.9. The maximum absolute atomic E-state index is 13.6. The lowest BCUT2D eigenvalue weighted by Gasteiger charge is -2.54. The van der Waals surface area contributed by atoms with Gasteiger partial charge in [0.05, 0.1) is 13.1 Å².